The Morgan fingerprint density at radius 1 is 1.21 bits per heavy atom. The summed E-state index contributed by atoms with van der Waals surface area (Å²) < 4.78 is 18.5. The molecule has 0 saturated heterocycles. The first-order valence-corrected chi connectivity index (χ1v) is 6.73. The minimum absolute atomic E-state index is 0.330. The molecule has 0 saturated carbocycles. The third-order valence-corrected chi connectivity index (χ3v) is 3.74. The van der Waals surface area contributed by atoms with Crippen molar-refractivity contribution in [1.29, 1.82) is 0 Å². The van der Waals surface area contributed by atoms with Crippen molar-refractivity contribution < 1.29 is 8.81 Å². The molecule has 0 atom stereocenters. The van der Waals surface area contributed by atoms with Gasteiger partial charge in [0.15, 0.2) is 5.58 Å². The number of nitrogens with two attached hydrogens (primary N) is 1. The third-order valence-electron chi connectivity index (χ3n) is 2.66. The fourth-order valence-electron chi connectivity index (χ4n) is 1.77. The van der Waals surface area contributed by atoms with Gasteiger partial charge in [-0.2, -0.15) is 0 Å². The maximum absolute atomic E-state index is 12.9. The number of hydrogen-bond donors (Lipinski definition) is 1. The molecule has 0 bridgehead atoms. The molecule has 2 N–H and O–H groups in total. The second-order valence-corrected chi connectivity index (χ2v) is 5.06. The number of para-hydroxylation sites is 2. The Kier molecular flexibility index (Phi) is 3.13. The summed E-state index contributed by atoms with van der Waals surface area (Å²) in [6, 6.07) is 12.0. The summed E-state index contributed by atoms with van der Waals surface area (Å²) in [5.41, 5.74) is 7.79. The number of aromatic nitrogens is 1. The Balaban J connectivity index is 1.78. The molecule has 1 aromatic heterocycles. The maximum atomic E-state index is 12.9. The van der Waals surface area contributed by atoms with Crippen LogP contribution in [0.1, 0.15) is 5.89 Å². The van der Waals surface area contributed by atoms with E-state index in [0.29, 0.717) is 17.3 Å². The van der Waals surface area contributed by atoms with Crippen LogP contribution in [0.5, 0.6) is 0 Å². The molecule has 3 aromatic rings. The number of nitrogens with zero attached hydrogens (tertiary/aromatic N) is 1. The van der Waals surface area contributed by atoms with Gasteiger partial charge in [-0.25, -0.2) is 9.37 Å². The Morgan fingerprint density at radius 2 is 2.05 bits per heavy atom. The molecule has 5 heteroatoms. The normalized spacial score (nSPS) is 11.0. The summed E-state index contributed by atoms with van der Waals surface area (Å²) in [6.45, 7) is 0. The van der Waals surface area contributed by atoms with Crippen molar-refractivity contribution in [3.63, 3.8) is 0 Å². The minimum Gasteiger partial charge on any atom is -0.440 e. The van der Waals surface area contributed by atoms with Crippen molar-refractivity contribution in [2.45, 2.75) is 10.6 Å². The fraction of sp³-hybridized carbons (Fsp3) is 0.0714. The van der Waals surface area contributed by atoms with Crippen molar-refractivity contribution in [2.75, 3.05) is 5.73 Å². The molecule has 0 fully saturated rings. The van der Waals surface area contributed by atoms with Crippen molar-refractivity contribution in [1.82, 2.24) is 4.98 Å². The van der Waals surface area contributed by atoms with E-state index in [1.54, 1.807) is 6.07 Å². The smallest absolute Gasteiger partial charge is 0.205 e. The van der Waals surface area contributed by atoms with E-state index < -0.39 is 0 Å². The van der Waals surface area contributed by atoms with Crippen LogP contribution in [0.4, 0.5) is 10.1 Å². The number of hydrogen-bond acceptors (Lipinski definition) is 4. The molecule has 2 aromatic carbocycles. The minimum atomic E-state index is -0.330. The third kappa shape index (κ3) is 2.56. The van der Waals surface area contributed by atoms with E-state index >= 15 is 0 Å². The van der Waals surface area contributed by atoms with Gasteiger partial charge >= 0.3 is 0 Å². The number of fused-ring (bicyclic) bond motifs is 1. The molecule has 3 nitrogen and oxygen atoms in total. The van der Waals surface area contributed by atoms with Gasteiger partial charge < -0.3 is 10.2 Å². The highest BCUT2D eigenvalue weighted by atomic mass is 32.2. The first kappa shape index (κ1) is 12.0. The monoisotopic (exact) mass is 274 g/mol. The van der Waals surface area contributed by atoms with Crippen LogP contribution in [0.3, 0.4) is 0 Å². The zero-order chi connectivity index (χ0) is 13.2. The average Bonchev–Trinajstić information content (AvgIpc) is 2.80. The van der Waals surface area contributed by atoms with E-state index in [9.17, 15) is 4.39 Å². The number of thioether (sulfide) groups is 1. The van der Waals surface area contributed by atoms with Gasteiger partial charge in [-0.1, -0.05) is 12.1 Å². The zero-order valence-corrected chi connectivity index (χ0v) is 10.8. The second-order valence-electron chi connectivity index (χ2n) is 4.05. The molecule has 96 valence electrons. The van der Waals surface area contributed by atoms with Crippen molar-refractivity contribution in [3.05, 3.63) is 54.2 Å². The molecule has 0 aliphatic carbocycles. The van der Waals surface area contributed by atoms with Crippen molar-refractivity contribution in [2.24, 2.45) is 0 Å². The summed E-state index contributed by atoms with van der Waals surface area (Å²) in [4.78, 5) is 5.20. The van der Waals surface area contributed by atoms with Crippen molar-refractivity contribution in [3.8, 4) is 0 Å². The first-order chi connectivity index (χ1) is 9.22. The van der Waals surface area contributed by atoms with Crippen LogP contribution in [0, 0.1) is 5.82 Å². The number of benzene rings is 2. The molecule has 0 spiro atoms. The molecule has 3 rings (SSSR count). The Morgan fingerprint density at radius 3 is 2.84 bits per heavy atom. The van der Waals surface area contributed by atoms with Gasteiger partial charge in [-0.15, -0.1) is 11.8 Å². The van der Waals surface area contributed by atoms with Gasteiger partial charge in [0.25, 0.3) is 0 Å². The van der Waals surface area contributed by atoms with Crippen LogP contribution < -0.4 is 5.73 Å². The van der Waals surface area contributed by atoms with Crippen LogP contribution in [0.25, 0.3) is 11.1 Å². The molecule has 0 aliphatic heterocycles. The van der Waals surface area contributed by atoms with E-state index in [-0.39, 0.29) is 5.82 Å². The van der Waals surface area contributed by atoms with Crippen LogP contribution >= 0.6 is 11.8 Å². The van der Waals surface area contributed by atoms with Crippen LogP contribution in [-0.4, -0.2) is 4.98 Å². The molecule has 0 unspecified atom stereocenters. The second kappa shape index (κ2) is 4.93. The number of anilines is 1. The number of rotatable bonds is 3. The summed E-state index contributed by atoms with van der Waals surface area (Å²) in [5, 5.41) is 0. The van der Waals surface area contributed by atoms with Crippen LogP contribution in [0.2, 0.25) is 0 Å². The topological polar surface area (TPSA) is 52.0 Å². The van der Waals surface area contributed by atoms with Gasteiger partial charge in [0.2, 0.25) is 5.89 Å². The lowest BCUT2D eigenvalue weighted by Gasteiger charge is -2.03. The standard InChI is InChI=1S/C14H11FN2OS/c15-9-5-6-13(10(16)7-9)19-8-14-17-11-3-1-2-4-12(11)18-14/h1-7H,8,16H2. The van der Waals surface area contributed by atoms with Gasteiger partial charge in [-0.3, -0.25) is 0 Å². The molecule has 0 aliphatic rings. The van der Waals surface area contributed by atoms with E-state index in [1.807, 2.05) is 24.3 Å². The predicted octanol–water partition coefficient (Wildman–Crippen LogP) is 3.84. The Labute approximate surface area is 113 Å². The summed E-state index contributed by atoms with van der Waals surface area (Å²) >= 11 is 1.48. The quantitative estimate of drug-likeness (QED) is 0.582. The summed E-state index contributed by atoms with van der Waals surface area (Å²) in [6.07, 6.45) is 0. The Bertz CT molecular complexity index is 693. The fourth-order valence-corrected chi connectivity index (χ4v) is 2.56. The van der Waals surface area contributed by atoms with Crippen LogP contribution in [-0.2, 0) is 5.75 Å². The highest BCUT2D eigenvalue weighted by Gasteiger charge is 2.07. The lowest BCUT2D eigenvalue weighted by atomic mass is 10.3. The van der Waals surface area contributed by atoms with E-state index in [4.69, 9.17) is 10.2 Å². The van der Waals surface area contributed by atoms with Crippen molar-refractivity contribution >= 4 is 28.5 Å². The zero-order valence-electron chi connectivity index (χ0n) is 9.97. The van der Waals surface area contributed by atoms with Gasteiger partial charge in [0, 0.05) is 10.6 Å². The Hall–Kier alpha value is -2.01. The molecule has 0 radical (unpaired) electrons. The average molecular weight is 274 g/mol. The SMILES string of the molecule is Nc1cc(F)ccc1SCc1nc2ccccc2o1. The molecule has 19 heavy (non-hydrogen) atoms. The predicted molar refractivity (Wildman–Crippen MR) is 74.4 cm³/mol. The highest BCUT2D eigenvalue weighted by Crippen LogP contribution is 2.29. The largest absolute Gasteiger partial charge is 0.440 e. The van der Waals surface area contributed by atoms with Gasteiger partial charge in [-0.05, 0) is 30.3 Å². The van der Waals surface area contributed by atoms with E-state index in [1.165, 1.54) is 23.9 Å². The molecule has 1 heterocycles. The van der Waals surface area contributed by atoms with E-state index in [2.05, 4.69) is 4.98 Å². The highest BCUT2D eigenvalue weighted by molar-refractivity contribution is 7.98. The molecule has 0 amide bonds. The molecular weight excluding hydrogens is 263 g/mol. The number of nitrogen functional groups attached to an aromatic ring is 1. The lowest BCUT2D eigenvalue weighted by Crippen LogP contribution is -1.90. The van der Waals surface area contributed by atoms with E-state index in [0.717, 1.165) is 16.0 Å². The maximum Gasteiger partial charge on any atom is 0.205 e. The summed E-state index contributed by atoms with van der Waals surface area (Å²) in [7, 11) is 0. The van der Waals surface area contributed by atoms with Crippen LogP contribution in [0.15, 0.2) is 51.8 Å². The van der Waals surface area contributed by atoms with Gasteiger partial charge in [0.05, 0.1) is 5.75 Å². The number of oxazole rings is 1. The number of halogens is 1. The summed E-state index contributed by atoms with van der Waals surface area (Å²) in [5.74, 6) is 0.864. The van der Waals surface area contributed by atoms with Gasteiger partial charge in [0.1, 0.15) is 11.3 Å². The molecular formula is C14H11FN2OS. The lowest BCUT2D eigenvalue weighted by molar-refractivity contribution is 0.556. The first-order valence-electron chi connectivity index (χ1n) is 5.74.